The molecule has 112 valence electrons. The van der Waals surface area contributed by atoms with Crippen LogP contribution in [-0.4, -0.2) is 57.6 Å². The maximum absolute atomic E-state index is 11.6. The van der Waals surface area contributed by atoms with Crippen LogP contribution in [0.3, 0.4) is 0 Å². The molecule has 9 heteroatoms. The number of aromatic nitrogens is 5. The first-order valence-electron chi connectivity index (χ1n) is 6.55. The minimum absolute atomic E-state index is 0.104. The third kappa shape index (κ3) is 3.44. The second kappa shape index (κ2) is 6.64. The molecule has 0 saturated carbocycles. The zero-order chi connectivity index (χ0) is 15.2. The van der Waals surface area contributed by atoms with Crippen molar-refractivity contribution in [2.24, 2.45) is 0 Å². The van der Waals surface area contributed by atoms with Gasteiger partial charge in [-0.1, -0.05) is 0 Å². The fraction of sp³-hybridized carbons (Fsp3) is 0.417. The molecule has 0 radical (unpaired) electrons. The molecule has 2 rings (SSSR count). The normalized spacial score (nSPS) is 10.2. The molecule has 0 fully saturated rings. The first kappa shape index (κ1) is 14.7. The zero-order valence-electron chi connectivity index (χ0n) is 12.2. The van der Waals surface area contributed by atoms with Crippen LogP contribution in [0.1, 0.15) is 6.92 Å². The van der Waals surface area contributed by atoms with Gasteiger partial charge in [-0.05, 0) is 6.92 Å². The van der Waals surface area contributed by atoms with Gasteiger partial charge in [0.05, 0.1) is 6.54 Å². The van der Waals surface area contributed by atoms with Crippen LogP contribution in [-0.2, 0) is 4.79 Å². The molecular formula is C12H18N8O. The number of amides is 1. The van der Waals surface area contributed by atoms with Gasteiger partial charge in [-0.3, -0.25) is 9.36 Å². The molecule has 0 atom stereocenters. The Balaban J connectivity index is 2.37. The SMILES string of the molecule is CCN(CC(=O)NC)c1nc(NC)nc(-n2ccnc2)n1. The molecule has 0 aromatic carbocycles. The van der Waals surface area contributed by atoms with Crippen LogP contribution in [0.2, 0.25) is 0 Å². The van der Waals surface area contributed by atoms with Gasteiger partial charge in [-0.25, -0.2) is 4.98 Å². The Morgan fingerprint density at radius 1 is 1.33 bits per heavy atom. The molecular weight excluding hydrogens is 272 g/mol. The molecule has 2 aromatic rings. The highest BCUT2D eigenvalue weighted by Gasteiger charge is 2.15. The number of nitrogens with one attached hydrogen (secondary N) is 2. The topological polar surface area (TPSA) is 101 Å². The highest BCUT2D eigenvalue weighted by molar-refractivity contribution is 5.80. The van der Waals surface area contributed by atoms with E-state index in [0.717, 1.165) is 0 Å². The molecule has 0 aliphatic rings. The Kier molecular flexibility index (Phi) is 4.64. The maximum atomic E-state index is 11.6. The second-order valence-electron chi connectivity index (χ2n) is 4.17. The lowest BCUT2D eigenvalue weighted by Crippen LogP contribution is -2.36. The third-order valence-corrected chi connectivity index (χ3v) is 2.85. The average Bonchev–Trinajstić information content (AvgIpc) is 3.06. The summed E-state index contributed by atoms with van der Waals surface area (Å²) in [5.74, 6) is 1.20. The summed E-state index contributed by atoms with van der Waals surface area (Å²) in [5, 5.41) is 5.48. The van der Waals surface area contributed by atoms with E-state index in [9.17, 15) is 4.79 Å². The van der Waals surface area contributed by atoms with Gasteiger partial charge in [-0.15, -0.1) is 0 Å². The molecule has 0 saturated heterocycles. The highest BCUT2D eigenvalue weighted by atomic mass is 16.1. The lowest BCUT2D eigenvalue weighted by Gasteiger charge is -2.20. The van der Waals surface area contributed by atoms with Gasteiger partial charge in [0.1, 0.15) is 6.33 Å². The van der Waals surface area contributed by atoms with Crippen LogP contribution in [0, 0.1) is 0 Å². The van der Waals surface area contributed by atoms with E-state index in [1.807, 2.05) is 6.92 Å². The fourth-order valence-electron chi connectivity index (χ4n) is 1.68. The van der Waals surface area contributed by atoms with Crippen molar-refractivity contribution in [3.05, 3.63) is 18.7 Å². The van der Waals surface area contributed by atoms with Crippen molar-refractivity contribution in [2.45, 2.75) is 6.92 Å². The number of hydrogen-bond donors (Lipinski definition) is 2. The largest absolute Gasteiger partial charge is 0.358 e. The minimum Gasteiger partial charge on any atom is -0.358 e. The quantitative estimate of drug-likeness (QED) is 0.751. The van der Waals surface area contributed by atoms with Gasteiger partial charge in [0.25, 0.3) is 0 Å². The summed E-state index contributed by atoms with van der Waals surface area (Å²) in [6, 6.07) is 0. The molecule has 2 heterocycles. The summed E-state index contributed by atoms with van der Waals surface area (Å²) in [4.78, 5) is 30.3. The number of carbonyl (C=O) groups excluding carboxylic acids is 1. The van der Waals surface area contributed by atoms with Crippen molar-refractivity contribution >= 4 is 17.8 Å². The number of imidazole rings is 1. The van der Waals surface area contributed by atoms with Crippen LogP contribution in [0.5, 0.6) is 0 Å². The van der Waals surface area contributed by atoms with E-state index >= 15 is 0 Å². The summed E-state index contributed by atoms with van der Waals surface area (Å²) in [6.07, 6.45) is 4.99. The summed E-state index contributed by atoms with van der Waals surface area (Å²) in [5.41, 5.74) is 0. The monoisotopic (exact) mass is 290 g/mol. The lowest BCUT2D eigenvalue weighted by atomic mass is 10.5. The molecule has 21 heavy (non-hydrogen) atoms. The van der Waals surface area contributed by atoms with Crippen molar-refractivity contribution in [1.29, 1.82) is 0 Å². The molecule has 0 spiro atoms. The minimum atomic E-state index is -0.104. The van der Waals surface area contributed by atoms with Gasteiger partial charge in [0.2, 0.25) is 23.8 Å². The predicted molar refractivity (Wildman–Crippen MR) is 78.4 cm³/mol. The maximum Gasteiger partial charge on any atom is 0.241 e. The Morgan fingerprint density at radius 3 is 2.71 bits per heavy atom. The van der Waals surface area contributed by atoms with Crippen LogP contribution >= 0.6 is 0 Å². The second-order valence-corrected chi connectivity index (χ2v) is 4.17. The molecule has 2 aromatic heterocycles. The summed E-state index contributed by atoms with van der Waals surface area (Å²) in [6.45, 7) is 2.72. The van der Waals surface area contributed by atoms with Crippen molar-refractivity contribution in [1.82, 2.24) is 29.8 Å². The fourth-order valence-corrected chi connectivity index (χ4v) is 1.68. The van der Waals surface area contributed by atoms with E-state index in [4.69, 9.17) is 0 Å². The average molecular weight is 290 g/mol. The van der Waals surface area contributed by atoms with Gasteiger partial charge < -0.3 is 15.5 Å². The van der Waals surface area contributed by atoms with Crippen molar-refractivity contribution in [2.75, 3.05) is 37.4 Å². The number of carbonyl (C=O) groups is 1. The van der Waals surface area contributed by atoms with E-state index in [0.29, 0.717) is 24.4 Å². The number of rotatable bonds is 6. The lowest BCUT2D eigenvalue weighted by molar-refractivity contribution is -0.119. The highest BCUT2D eigenvalue weighted by Crippen LogP contribution is 2.12. The predicted octanol–water partition coefficient (Wildman–Crippen LogP) is -0.329. The van der Waals surface area contributed by atoms with Gasteiger partial charge in [0, 0.05) is 33.0 Å². The molecule has 0 bridgehead atoms. The van der Waals surface area contributed by atoms with Crippen molar-refractivity contribution in [3.8, 4) is 5.95 Å². The Morgan fingerprint density at radius 2 is 2.14 bits per heavy atom. The zero-order valence-corrected chi connectivity index (χ0v) is 12.2. The number of nitrogens with zero attached hydrogens (tertiary/aromatic N) is 6. The smallest absolute Gasteiger partial charge is 0.241 e. The van der Waals surface area contributed by atoms with Gasteiger partial charge in [-0.2, -0.15) is 15.0 Å². The summed E-state index contributed by atoms with van der Waals surface area (Å²) < 4.78 is 1.68. The Hall–Kier alpha value is -2.71. The van der Waals surface area contributed by atoms with Crippen LogP contribution in [0.4, 0.5) is 11.9 Å². The molecule has 2 N–H and O–H groups in total. The van der Waals surface area contributed by atoms with Crippen LogP contribution < -0.4 is 15.5 Å². The number of anilines is 2. The summed E-state index contributed by atoms with van der Waals surface area (Å²) in [7, 11) is 3.32. The number of likely N-dealkylation sites (N-methyl/N-ethyl adjacent to an activating group) is 2. The Labute approximate surface area is 122 Å². The number of hydrogen-bond acceptors (Lipinski definition) is 7. The van der Waals surface area contributed by atoms with E-state index in [1.54, 1.807) is 42.3 Å². The van der Waals surface area contributed by atoms with E-state index in [2.05, 4.69) is 30.6 Å². The van der Waals surface area contributed by atoms with Crippen molar-refractivity contribution < 1.29 is 4.79 Å². The van der Waals surface area contributed by atoms with E-state index < -0.39 is 0 Å². The molecule has 0 aliphatic carbocycles. The Bertz CT molecular complexity index is 597. The molecule has 0 aliphatic heterocycles. The first-order chi connectivity index (χ1) is 10.2. The third-order valence-electron chi connectivity index (χ3n) is 2.85. The van der Waals surface area contributed by atoms with Gasteiger partial charge in [0.15, 0.2) is 0 Å². The van der Waals surface area contributed by atoms with Crippen LogP contribution in [0.25, 0.3) is 5.95 Å². The van der Waals surface area contributed by atoms with E-state index in [-0.39, 0.29) is 12.5 Å². The molecule has 1 amide bonds. The standard InChI is InChI=1S/C12H18N8O/c1-4-19(7-9(21)13-2)11-16-10(14-3)17-12(18-11)20-6-5-15-8-20/h5-6,8H,4,7H2,1-3H3,(H,13,21)(H,14,16,17,18). The van der Waals surface area contributed by atoms with Crippen molar-refractivity contribution in [3.63, 3.8) is 0 Å². The first-order valence-corrected chi connectivity index (χ1v) is 6.55. The van der Waals surface area contributed by atoms with Gasteiger partial charge >= 0.3 is 0 Å². The van der Waals surface area contributed by atoms with Crippen LogP contribution in [0.15, 0.2) is 18.7 Å². The molecule has 0 unspecified atom stereocenters. The van der Waals surface area contributed by atoms with E-state index in [1.165, 1.54) is 0 Å². The summed E-state index contributed by atoms with van der Waals surface area (Å²) >= 11 is 0. The molecule has 9 nitrogen and oxygen atoms in total.